The van der Waals surface area contributed by atoms with Crippen LogP contribution in [-0.4, -0.2) is 23.9 Å². The van der Waals surface area contributed by atoms with E-state index in [-0.39, 0.29) is 17.6 Å². The molecule has 0 aliphatic heterocycles. The summed E-state index contributed by atoms with van der Waals surface area (Å²) in [6, 6.07) is 4.67. The highest BCUT2D eigenvalue weighted by atomic mass is 16.6. The van der Waals surface area contributed by atoms with Crippen molar-refractivity contribution in [1.29, 1.82) is 0 Å². The molecular weight excluding hydrogens is 270 g/mol. The lowest BCUT2D eigenvalue weighted by Gasteiger charge is -2.29. The van der Waals surface area contributed by atoms with E-state index in [2.05, 4.69) is 17.6 Å². The number of nitrogens with zero attached hydrogens (tertiary/aromatic N) is 1. The molecule has 114 valence electrons. The number of nitro benzene ring substituents is 1. The van der Waals surface area contributed by atoms with E-state index in [1.54, 1.807) is 19.2 Å². The lowest BCUT2D eigenvalue weighted by Crippen LogP contribution is -2.41. The molecule has 0 spiro atoms. The summed E-state index contributed by atoms with van der Waals surface area (Å²) in [7, 11) is 1.62. The summed E-state index contributed by atoms with van der Waals surface area (Å²) >= 11 is 0. The minimum atomic E-state index is -0.480. The van der Waals surface area contributed by atoms with E-state index in [1.807, 2.05) is 0 Å². The summed E-state index contributed by atoms with van der Waals surface area (Å²) in [5, 5.41) is 16.8. The molecule has 0 heterocycles. The molecule has 1 aromatic carbocycles. The molecule has 0 radical (unpaired) electrons. The number of carbonyl (C=O) groups excluding carboxylic acids is 1. The molecule has 0 aromatic heterocycles. The maximum atomic E-state index is 12.3. The van der Waals surface area contributed by atoms with Crippen LogP contribution in [0.25, 0.3) is 0 Å². The molecule has 2 N–H and O–H groups in total. The van der Waals surface area contributed by atoms with E-state index in [4.69, 9.17) is 0 Å². The molecular formula is C15H21N3O3. The normalized spacial score (nSPS) is 21.6. The maximum Gasteiger partial charge on any atom is 0.293 e. The smallest absolute Gasteiger partial charge is 0.293 e. The van der Waals surface area contributed by atoms with Gasteiger partial charge < -0.3 is 10.6 Å². The largest absolute Gasteiger partial charge is 0.383 e. The van der Waals surface area contributed by atoms with Crippen molar-refractivity contribution in [3.8, 4) is 0 Å². The third-order valence-electron chi connectivity index (χ3n) is 4.15. The first-order chi connectivity index (χ1) is 10.0. The molecule has 0 bridgehead atoms. The number of benzene rings is 1. The van der Waals surface area contributed by atoms with Crippen LogP contribution in [0, 0.1) is 16.0 Å². The predicted octanol–water partition coefficient (Wildman–Crippen LogP) is 2.95. The van der Waals surface area contributed by atoms with Gasteiger partial charge in [-0.3, -0.25) is 14.9 Å². The van der Waals surface area contributed by atoms with Gasteiger partial charge in [-0.15, -0.1) is 0 Å². The maximum absolute atomic E-state index is 12.3. The van der Waals surface area contributed by atoms with Gasteiger partial charge in [0.25, 0.3) is 11.6 Å². The van der Waals surface area contributed by atoms with Gasteiger partial charge in [-0.25, -0.2) is 0 Å². The van der Waals surface area contributed by atoms with Crippen LogP contribution in [-0.2, 0) is 0 Å². The number of hydrogen-bond acceptors (Lipinski definition) is 4. The Morgan fingerprint density at radius 2 is 2.05 bits per heavy atom. The Kier molecular flexibility index (Phi) is 4.77. The Labute approximate surface area is 124 Å². The summed E-state index contributed by atoms with van der Waals surface area (Å²) in [4.78, 5) is 22.8. The first-order valence-electron chi connectivity index (χ1n) is 7.30. The highest BCUT2D eigenvalue weighted by Crippen LogP contribution is 2.26. The average Bonchev–Trinajstić information content (AvgIpc) is 2.48. The molecule has 1 aromatic rings. The second-order valence-corrected chi connectivity index (χ2v) is 5.58. The zero-order valence-corrected chi connectivity index (χ0v) is 12.4. The van der Waals surface area contributed by atoms with Gasteiger partial charge in [0.05, 0.1) is 4.92 Å². The Bertz CT molecular complexity index is 545. The lowest BCUT2D eigenvalue weighted by atomic mass is 9.86. The van der Waals surface area contributed by atoms with Gasteiger partial charge in [-0.2, -0.15) is 0 Å². The minimum Gasteiger partial charge on any atom is -0.383 e. The zero-order valence-electron chi connectivity index (χ0n) is 12.4. The van der Waals surface area contributed by atoms with Gasteiger partial charge in [0.15, 0.2) is 0 Å². The van der Waals surface area contributed by atoms with Crippen LogP contribution in [0.5, 0.6) is 0 Å². The summed E-state index contributed by atoms with van der Waals surface area (Å²) in [5.74, 6) is 0.216. The van der Waals surface area contributed by atoms with Crippen LogP contribution >= 0.6 is 0 Å². The average molecular weight is 291 g/mol. The lowest BCUT2D eigenvalue weighted by molar-refractivity contribution is -0.384. The Morgan fingerprint density at radius 1 is 1.33 bits per heavy atom. The van der Waals surface area contributed by atoms with Crippen LogP contribution in [0.15, 0.2) is 18.2 Å². The molecule has 1 aliphatic rings. The monoisotopic (exact) mass is 291 g/mol. The van der Waals surface area contributed by atoms with Gasteiger partial charge >= 0.3 is 0 Å². The van der Waals surface area contributed by atoms with Crippen LogP contribution in [0.3, 0.4) is 0 Å². The van der Waals surface area contributed by atoms with Crippen molar-refractivity contribution >= 4 is 17.3 Å². The Balaban J connectivity index is 2.15. The second-order valence-electron chi connectivity index (χ2n) is 5.58. The van der Waals surface area contributed by atoms with E-state index in [1.165, 1.54) is 12.5 Å². The third kappa shape index (κ3) is 3.51. The first-order valence-corrected chi connectivity index (χ1v) is 7.30. The van der Waals surface area contributed by atoms with E-state index in [0.29, 0.717) is 17.2 Å². The molecule has 1 amide bonds. The van der Waals surface area contributed by atoms with Crippen molar-refractivity contribution in [2.45, 2.75) is 38.6 Å². The molecule has 6 heteroatoms. The second kappa shape index (κ2) is 6.56. The molecule has 1 fully saturated rings. The summed E-state index contributed by atoms with van der Waals surface area (Å²) in [6.07, 6.45) is 4.41. The molecule has 2 rings (SSSR count). The SMILES string of the molecule is CNc1ccc(C(=O)N[C@H]2CCCC[C@@H]2C)cc1[N+](=O)[O-]. The highest BCUT2D eigenvalue weighted by Gasteiger charge is 2.24. The van der Waals surface area contributed by atoms with Crippen LogP contribution in [0.4, 0.5) is 11.4 Å². The standard InChI is InChI=1S/C15H21N3O3/c1-10-5-3-4-6-12(10)17-15(19)11-7-8-13(16-2)14(9-11)18(20)21/h7-10,12,16H,3-6H2,1-2H3,(H,17,19)/t10-,12-/m0/s1. The van der Waals surface area contributed by atoms with Gasteiger partial charge in [-0.1, -0.05) is 19.8 Å². The zero-order chi connectivity index (χ0) is 15.4. The van der Waals surface area contributed by atoms with Crippen LogP contribution in [0.1, 0.15) is 43.0 Å². The van der Waals surface area contributed by atoms with Crippen LogP contribution < -0.4 is 10.6 Å². The molecule has 0 saturated heterocycles. The van der Waals surface area contributed by atoms with Crippen molar-refractivity contribution in [3.05, 3.63) is 33.9 Å². The van der Waals surface area contributed by atoms with Crippen LogP contribution in [0.2, 0.25) is 0 Å². The molecule has 1 saturated carbocycles. The molecule has 2 atom stereocenters. The molecule has 6 nitrogen and oxygen atoms in total. The number of rotatable bonds is 4. The van der Waals surface area contributed by atoms with Gasteiger partial charge in [0, 0.05) is 24.7 Å². The van der Waals surface area contributed by atoms with Gasteiger partial charge in [0.2, 0.25) is 0 Å². The molecule has 0 unspecified atom stereocenters. The van der Waals surface area contributed by atoms with E-state index < -0.39 is 4.92 Å². The summed E-state index contributed by atoms with van der Waals surface area (Å²) < 4.78 is 0. The predicted molar refractivity (Wildman–Crippen MR) is 81.5 cm³/mol. The van der Waals surface area contributed by atoms with Crippen molar-refractivity contribution in [3.63, 3.8) is 0 Å². The number of hydrogen-bond donors (Lipinski definition) is 2. The van der Waals surface area contributed by atoms with Crippen molar-refractivity contribution < 1.29 is 9.72 Å². The summed E-state index contributed by atoms with van der Waals surface area (Å²) in [6.45, 7) is 2.14. The number of amides is 1. The number of anilines is 1. The minimum absolute atomic E-state index is 0.0816. The topological polar surface area (TPSA) is 84.3 Å². The highest BCUT2D eigenvalue weighted by molar-refractivity contribution is 5.95. The Morgan fingerprint density at radius 3 is 2.67 bits per heavy atom. The first kappa shape index (κ1) is 15.3. The van der Waals surface area contributed by atoms with Crippen molar-refractivity contribution in [2.75, 3.05) is 12.4 Å². The molecule has 21 heavy (non-hydrogen) atoms. The van der Waals surface area contributed by atoms with Gasteiger partial charge in [-0.05, 0) is 30.9 Å². The Hall–Kier alpha value is -2.11. The quantitative estimate of drug-likeness (QED) is 0.660. The van der Waals surface area contributed by atoms with Crippen molar-refractivity contribution in [2.24, 2.45) is 5.92 Å². The van der Waals surface area contributed by atoms with E-state index in [9.17, 15) is 14.9 Å². The fourth-order valence-corrected chi connectivity index (χ4v) is 2.82. The molecule has 1 aliphatic carbocycles. The fourth-order valence-electron chi connectivity index (χ4n) is 2.82. The van der Waals surface area contributed by atoms with Crippen molar-refractivity contribution in [1.82, 2.24) is 5.32 Å². The van der Waals surface area contributed by atoms with E-state index >= 15 is 0 Å². The number of nitro groups is 1. The fraction of sp³-hybridized carbons (Fsp3) is 0.533. The third-order valence-corrected chi connectivity index (χ3v) is 4.15. The number of nitrogens with one attached hydrogen (secondary N) is 2. The number of carbonyl (C=O) groups is 1. The summed E-state index contributed by atoms with van der Waals surface area (Å²) in [5.41, 5.74) is 0.655. The van der Waals surface area contributed by atoms with Gasteiger partial charge in [0.1, 0.15) is 5.69 Å². The van der Waals surface area contributed by atoms with E-state index in [0.717, 1.165) is 19.3 Å².